The highest BCUT2D eigenvalue weighted by Crippen LogP contribution is 2.11. The fraction of sp³-hybridized carbons (Fsp3) is 0.231. The molecule has 0 bridgehead atoms. The normalized spacial score (nSPS) is 11.9. The zero-order valence-electron chi connectivity index (χ0n) is 11.0. The summed E-state index contributed by atoms with van der Waals surface area (Å²) in [6.45, 7) is 0.457. The molecule has 110 valence electrons. The van der Waals surface area contributed by atoms with Crippen molar-refractivity contribution in [1.29, 1.82) is 0 Å². The Morgan fingerprint density at radius 1 is 1.29 bits per heavy atom. The van der Waals surface area contributed by atoms with E-state index in [1.807, 2.05) is 0 Å². The van der Waals surface area contributed by atoms with E-state index in [-0.39, 0.29) is 18.8 Å². The Morgan fingerprint density at radius 3 is 2.62 bits per heavy atom. The maximum atomic E-state index is 11.7. The van der Waals surface area contributed by atoms with Crippen LogP contribution < -0.4 is 5.32 Å². The molecule has 1 amide bonds. The van der Waals surface area contributed by atoms with Crippen molar-refractivity contribution in [3.63, 3.8) is 0 Å². The first kappa shape index (κ1) is 14.7. The van der Waals surface area contributed by atoms with Gasteiger partial charge in [-0.2, -0.15) is 0 Å². The van der Waals surface area contributed by atoms with Crippen LogP contribution in [0.15, 0.2) is 36.5 Å². The molecule has 1 aromatic heterocycles. The summed E-state index contributed by atoms with van der Waals surface area (Å²) in [5, 5.41) is 28.1. The second kappa shape index (κ2) is 6.62. The molecule has 3 N–H and O–H groups in total. The second-order valence-corrected chi connectivity index (χ2v) is 4.28. The van der Waals surface area contributed by atoms with Crippen LogP contribution in [0.5, 0.6) is 0 Å². The molecule has 0 fully saturated rings. The summed E-state index contributed by atoms with van der Waals surface area (Å²) in [5.74, 6) is -1.69. The minimum atomic E-state index is -1.24. The Labute approximate surface area is 120 Å². The number of amides is 1. The van der Waals surface area contributed by atoms with Crippen molar-refractivity contribution in [2.45, 2.75) is 12.6 Å². The van der Waals surface area contributed by atoms with Crippen molar-refractivity contribution < 1.29 is 19.8 Å². The Morgan fingerprint density at radius 2 is 2.00 bits per heavy atom. The number of nitrogens with zero attached hydrogens (tertiary/aromatic N) is 3. The average Bonchev–Trinajstić information content (AvgIpc) is 2.96. The highest BCUT2D eigenvalue weighted by Gasteiger charge is 2.16. The van der Waals surface area contributed by atoms with Gasteiger partial charge in [-0.05, 0) is 5.56 Å². The van der Waals surface area contributed by atoms with Crippen LogP contribution in [-0.2, 0) is 11.3 Å². The number of aliphatic hydroxyl groups is 1. The minimum Gasteiger partial charge on any atom is -0.476 e. The van der Waals surface area contributed by atoms with Crippen molar-refractivity contribution in [2.75, 3.05) is 6.54 Å². The molecule has 0 saturated heterocycles. The van der Waals surface area contributed by atoms with Gasteiger partial charge in [0.05, 0.1) is 12.7 Å². The number of nitrogens with one attached hydrogen (secondary N) is 1. The maximum Gasteiger partial charge on any atom is 0.358 e. The van der Waals surface area contributed by atoms with E-state index in [2.05, 4.69) is 15.6 Å². The monoisotopic (exact) mass is 290 g/mol. The third-order valence-corrected chi connectivity index (χ3v) is 2.76. The lowest BCUT2D eigenvalue weighted by atomic mass is 10.1. The third kappa shape index (κ3) is 3.86. The van der Waals surface area contributed by atoms with Crippen molar-refractivity contribution in [3.05, 3.63) is 47.8 Å². The lowest BCUT2D eigenvalue weighted by Gasteiger charge is -2.11. The molecule has 1 atom stereocenters. The molecule has 0 radical (unpaired) electrons. The number of hydrogen-bond donors (Lipinski definition) is 3. The molecular formula is C13H14N4O4. The molecule has 2 aromatic rings. The number of carboxylic acid groups (broad SMARTS) is 1. The average molecular weight is 290 g/mol. The lowest BCUT2D eigenvalue weighted by molar-refractivity contribution is -0.129. The Kier molecular flexibility index (Phi) is 4.62. The molecule has 8 nitrogen and oxygen atoms in total. The quantitative estimate of drug-likeness (QED) is 0.679. The predicted octanol–water partition coefficient (Wildman–Crippen LogP) is -0.174. The van der Waals surface area contributed by atoms with Gasteiger partial charge in [0, 0.05) is 6.54 Å². The summed E-state index contributed by atoms with van der Waals surface area (Å²) >= 11 is 0. The number of carbonyl (C=O) groups is 2. The van der Waals surface area contributed by atoms with E-state index in [9.17, 15) is 14.7 Å². The van der Waals surface area contributed by atoms with Crippen molar-refractivity contribution >= 4 is 11.9 Å². The third-order valence-electron chi connectivity index (χ3n) is 2.76. The van der Waals surface area contributed by atoms with Gasteiger partial charge in [0.1, 0.15) is 0 Å². The number of aromatic nitrogens is 3. The van der Waals surface area contributed by atoms with E-state index >= 15 is 0 Å². The number of hydrogen-bond acceptors (Lipinski definition) is 5. The van der Waals surface area contributed by atoms with Gasteiger partial charge in [0.25, 0.3) is 5.91 Å². The predicted molar refractivity (Wildman–Crippen MR) is 71.4 cm³/mol. The van der Waals surface area contributed by atoms with Crippen LogP contribution in [0.4, 0.5) is 0 Å². The van der Waals surface area contributed by atoms with Crippen LogP contribution in [0.2, 0.25) is 0 Å². The summed E-state index contributed by atoms with van der Waals surface area (Å²) < 4.78 is 1.30. The maximum absolute atomic E-state index is 11.7. The number of aromatic carboxylic acids is 1. The SMILES string of the molecule is O=C(O)c1cn(CCNC(=O)C(O)c2ccccc2)nn1. The molecule has 21 heavy (non-hydrogen) atoms. The molecule has 0 aliphatic carbocycles. The van der Waals surface area contributed by atoms with Crippen LogP contribution in [0.3, 0.4) is 0 Å². The van der Waals surface area contributed by atoms with Gasteiger partial charge in [-0.3, -0.25) is 4.79 Å². The van der Waals surface area contributed by atoms with Crippen molar-refractivity contribution in [3.8, 4) is 0 Å². The van der Waals surface area contributed by atoms with Crippen LogP contribution in [0.25, 0.3) is 0 Å². The first-order chi connectivity index (χ1) is 10.1. The summed E-state index contributed by atoms with van der Waals surface area (Å²) in [6, 6.07) is 8.56. The number of aliphatic hydroxyl groups excluding tert-OH is 1. The van der Waals surface area contributed by atoms with Crippen LogP contribution >= 0.6 is 0 Å². The highest BCUT2D eigenvalue weighted by molar-refractivity contribution is 5.84. The summed E-state index contributed by atoms with van der Waals surface area (Å²) in [6.07, 6.45) is 0.0267. The first-order valence-electron chi connectivity index (χ1n) is 6.22. The number of carbonyl (C=O) groups excluding carboxylic acids is 1. The van der Waals surface area contributed by atoms with Crippen LogP contribution in [-0.4, -0.2) is 43.6 Å². The summed E-state index contributed by atoms with van der Waals surface area (Å²) in [4.78, 5) is 22.4. The van der Waals surface area contributed by atoms with Gasteiger partial charge >= 0.3 is 5.97 Å². The largest absolute Gasteiger partial charge is 0.476 e. The fourth-order valence-corrected chi connectivity index (χ4v) is 1.68. The van der Waals surface area contributed by atoms with E-state index in [1.165, 1.54) is 10.9 Å². The zero-order chi connectivity index (χ0) is 15.2. The van der Waals surface area contributed by atoms with Gasteiger partial charge in [0.2, 0.25) is 0 Å². The molecule has 2 rings (SSSR count). The smallest absolute Gasteiger partial charge is 0.358 e. The molecule has 0 aliphatic heterocycles. The first-order valence-corrected chi connectivity index (χ1v) is 6.22. The highest BCUT2D eigenvalue weighted by atomic mass is 16.4. The molecule has 1 aromatic carbocycles. The summed E-state index contributed by atoms with van der Waals surface area (Å²) in [7, 11) is 0. The van der Waals surface area contributed by atoms with Gasteiger partial charge in [-0.1, -0.05) is 35.5 Å². The lowest BCUT2D eigenvalue weighted by Crippen LogP contribution is -2.32. The van der Waals surface area contributed by atoms with Gasteiger partial charge in [-0.15, -0.1) is 5.10 Å². The molecule has 8 heteroatoms. The molecule has 0 aliphatic rings. The second-order valence-electron chi connectivity index (χ2n) is 4.28. The van der Waals surface area contributed by atoms with Crippen LogP contribution in [0, 0.1) is 0 Å². The molecule has 1 heterocycles. The molecule has 0 spiro atoms. The number of benzene rings is 1. The summed E-state index contributed by atoms with van der Waals surface area (Å²) in [5.41, 5.74) is 0.342. The van der Waals surface area contributed by atoms with Crippen molar-refractivity contribution in [2.24, 2.45) is 0 Å². The molecular weight excluding hydrogens is 276 g/mol. The molecule has 0 saturated carbocycles. The van der Waals surface area contributed by atoms with Gasteiger partial charge in [0.15, 0.2) is 11.8 Å². The van der Waals surface area contributed by atoms with E-state index in [0.29, 0.717) is 5.56 Å². The van der Waals surface area contributed by atoms with Gasteiger partial charge in [-0.25, -0.2) is 9.48 Å². The van der Waals surface area contributed by atoms with Crippen LogP contribution in [0.1, 0.15) is 22.2 Å². The molecule has 1 unspecified atom stereocenters. The zero-order valence-corrected chi connectivity index (χ0v) is 11.0. The topological polar surface area (TPSA) is 117 Å². The number of rotatable bonds is 6. The Hall–Kier alpha value is -2.74. The Balaban J connectivity index is 1.82. The van der Waals surface area contributed by atoms with E-state index in [0.717, 1.165) is 0 Å². The van der Waals surface area contributed by atoms with Gasteiger partial charge < -0.3 is 15.5 Å². The van der Waals surface area contributed by atoms with E-state index in [1.54, 1.807) is 30.3 Å². The minimum absolute atomic E-state index is 0.161. The van der Waals surface area contributed by atoms with Crippen molar-refractivity contribution in [1.82, 2.24) is 20.3 Å². The number of carboxylic acids is 1. The van der Waals surface area contributed by atoms with E-state index in [4.69, 9.17) is 5.11 Å². The van der Waals surface area contributed by atoms with E-state index < -0.39 is 18.0 Å². The fourth-order valence-electron chi connectivity index (χ4n) is 1.68. The standard InChI is InChI=1S/C13H14N4O4/c18-11(9-4-2-1-3-5-9)12(19)14-6-7-17-8-10(13(20)21)15-16-17/h1-5,8,11,18H,6-7H2,(H,14,19)(H,20,21). The Bertz CT molecular complexity index is 626.